The number of hydrogen-bond acceptors (Lipinski definition) is 3. The van der Waals surface area contributed by atoms with Crippen molar-refractivity contribution in [2.24, 2.45) is 5.92 Å². The highest BCUT2D eigenvalue weighted by molar-refractivity contribution is 6.08. The van der Waals surface area contributed by atoms with Crippen LogP contribution in [0.2, 0.25) is 0 Å². The number of hydrogen-bond donors (Lipinski definition) is 2. The lowest BCUT2D eigenvalue weighted by Crippen LogP contribution is -2.45. The van der Waals surface area contributed by atoms with Crippen molar-refractivity contribution in [2.75, 3.05) is 32.7 Å². The number of aromatic nitrogens is 1. The molecule has 1 aliphatic rings. The number of ketones is 1. The molecule has 1 saturated heterocycles. The van der Waals surface area contributed by atoms with Crippen LogP contribution in [0.4, 0.5) is 0 Å². The van der Waals surface area contributed by atoms with E-state index in [9.17, 15) is 4.79 Å². The van der Waals surface area contributed by atoms with E-state index in [1.165, 1.54) is 0 Å². The number of H-pyrrole nitrogens is 1. The number of para-hydroxylation sites is 1. The minimum atomic E-state index is 0.0345. The van der Waals surface area contributed by atoms with Gasteiger partial charge in [0.05, 0.1) is 0 Å². The van der Waals surface area contributed by atoms with Crippen LogP contribution in [0.15, 0.2) is 30.5 Å². The summed E-state index contributed by atoms with van der Waals surface area (Å²) >= 11 is 0. The molecule has 106 valence electrons. The van der Waals surface area contributed by atoms with Crippen molar-refractivity contribution >= 4 is 16.7 Å². The maximum atomic E-state index is 12.6. The minimum Gasteiger partial charge on any atom is -0.360 e. The molecule has 2 heterocycles. The molecule has 2 N–H and O–H groups in total. The summed E-state index contributed by atoms with van der Waals surface area (Å²) in [6.07, 6.45) is 1.85. The Bertz CT molecular complexity index is 599. The molecule has 4 nitrogen and oxygen atoms in total. The Morgan fingerprint density at radius 1 is 1.30 bits per heavy atom. The van der Waals surface area contributed by atoms with Crippen molar-refractivity contribution in [3.8, 4) is 0 Å². The number of benzene rings is 1. The minimum absolute atomic E-state index is 0.0345. The number of rotatable bonds is 4. The Kier molecular flexibility index (Phi) is 3.85. The van der Waals surface area contributed by atoms with Gasteiger partial charge in [0.1, 0.15) is 0 Å². The zero-order chi connectivity index (χ0) is 13.9. The highest BCUT2D eigenvalue weighted by Gasteiger charge is 2.21. The van der Waals surface area contributed by atoms with Crippen LogP contribution in [0.25, 0.3) is 10.9 Å². The predicted molar refractivity (Wildman–Crippen MR) is 81.1 cm³/mol. The second-order valence-electron chi connectivity index (χ2n) is 5.56. The summed E-state index contributed by atoms with van der Waals surface area (Å²) in [5.41, 5.74) is 1.86. The molecule has 0 spiro atoms. The van der Waals surface area contributed by atoms with Crippen LogP contribution in [0.5, 0.6) is 0 Å². The lowest BCUT2D eigenvalue weighted by atomic mass is 9.98. The van der Waals surface area contributed by atoms with E-state index in [1.54, 1.807) is 0 Å². The van der Waals surface area contributed by atoms with Gasteiger partial charge in [0.2, 0.25) is 0 Å². The van der Waals surface area contributed by atoms with Crippen molar-refractivity contribution in [3.63, 3.8) is 0 Å². The smallest absolute Gasteiger partial charge is 0.169 e. The van der Waals surface area contributed by atoms with E-state index in [4.69, 9.17) is 0 Å². The van der Waals surface area contributed by atoms with Gasteiger partial charge in [-0.05, 0) is 6.07 Å². The van der Waals surface area contributed by atoms with Crippen LogP contribution < -0.4 is 5.32 Å². The molecule has 1 aliphatic heterocycles. The van der Waals surface area contributed by atoms with Gasteiger partial charge in [0, 0.05) is 61.3 Å². The number of aromatic amines is 1. The van der Waals surface area contributed by atoms with Gasteiger partial charge in [0.15, 0.2) is 5.78 Å². The van der Waals surface area contributed by atoms with Crippen molar-refractivity contribution in [2.45, 2.75) is 6.92 Å². The first-order valence-corrected chi connectivity index (χ1v) is 7.29. The summed E-state index contributed by atoms with van der Waals surface area (Å²) in [6.45, 7) is 6.99. The van der Waals surface area contributed by atoms with Crippen LogP contribution in [0.1, 0.15) is 17.3 Å². The molecular weight excluding hydrogens is 250 g/mol. The molecular formula is C16H21N3O. The number of nitrogens with zero attached hydrogens (tertiary/aromatic N) is 1. The van der Waals surface area contributed by atoms with Crippen molar-refractivity contribution < 1.29 is 4.79 Å². The normalized spacial score (nSPS) is 18.2. The molecule has 0 aliphatic carbocycles. The quantitative estimate of drug-likeness (QED) is 0.835. The zero-order valence-electron chi connectivity index (χ0n) is 11.9. The summed E-state index contributed by atoms with van der Waals surface area (Å²) in [4.78, 5) is 18.2. The molecule has 0 bridgehead atoms. The average molecular weight is 271 g/mol. The van der Waals surface area contributed by atoms with E-state index < -0.39 is 0 Å². The van der Waals surface area contributed by atoms with Crippen LogP contribution in [0.3, 0.4) is 0 Å². The molecule has 2 aromatic rings. The molecule has 1 fully saturated rings. The Morgan fingerprint density at radius 3 is 2.85 bits per heavy atom. The topological polar surface area (TPSA) is 48.1 Å². The van der Waals surface area contributed by atoms with E-state index in [-0.39, 0.29) is 11.7 Å². The summed E-state index contributed by atoms with van der Waals surface area (Å²) in [7, 11) is 0. The molecule has 20 heavy (non-hydrogen) atoms. The molecule has 4 heteroatoms. The molecule has 0 radical (unpaired) electrons. The van der Waals surface area contributed by atoms with Crippen molar-refractivity contribution in [1.82, 2.24) is 15.2 Å². The summed E-state index contributed by atoms with van der Waals surface area (Å²) in [6, 6.07) is 7.98. The van der Waals surface area contributed by atoms with Gasteiger partial charge in [-0.2, -0.15) is 0 Å². The summed E-state index contributed by atoms with van der Waals surface area (Å²) in [5, 5.41) is 4.37. The number of fused-ring (bicyclic) bond motifs is 1. The first kappa shape index (κ1) is 13.3. The lowest BCUT2D eigenvalue weighted by molar-refractivity contribution is 0.0889. The zero-order valence-corrected chi connectivity index (χ0v) is 11.9. The van der Waals surface area contributed by atoms with Crippen LogP contribution in [-0.2, 0) is 0 Å². The van der Waals surface area contributed by atoms with E-state index in [0.717, 1.165) is 49.2 Å². The maximum Gasteiger partial charge on any atom is 0.169 e. The van der Waals surface area contributed by atoms with Gasteiger partial charge in [-0.3, -0.25) is 4.79 Å². The summed E-state index contributed by atoms with van der Waals surface area (Å²) in [5.74, 6) is 0.272. The molecule has 0 saturated carbocycles. The third-order valence-electron chi connectivity index (χ3n) is 4.04. The monoisotopic (exact) mass is 271 g/mol. The third-order valence-corrected chi connectivity index (χ3v) is 4.04. The van der Waals surface area contributed by atoms with Gasteiger partial charge in [-0.1, -0.05) is 25.1 Å². The van der Waals surface area contributed by atoms with Gasteiger partial charge < -0.3 is 15.2 Å². The second kappa shape index (κ2) is 5.77. The van der Waals surface area contributed by atoms with Gasteiger partial charge in [-0.15, -0.1) is 0 Å². The number of piperazine rings is 1. The lowest BCUT2D eigenvalue weighted by Gasteiger charge is -2.29. The van der Waals surface area contributed by atoms with E-state index in [0.29, 0.717) is 0 Å². The number of nitrogens with one attached hydrogen (secondary N) is 2. The Morgan fingerprint density at radius 2 is 2.05 bits per heavy atom. The third kappa shape index (κ3) is 2.62. The number of carbonyl (C=O) groups is 1. The molecule has 1 atom stereocenters. The number of carbonyl (C=O) groups excluding carboxylic acids is 1. The van der Waals surface area contributed by atoms with Crippen molar-refractivity contribution in [1.29, 1.82) is 0 Å². The summed E-state index contributed by atoms with van der Waals surface area (Å²) < 4.78 is 0. The SMILES string of the molecule is CC(CN1CCNCC1)C(=O)c1c[nH]c2ccccc12. The highest BCUT2D eigenvalue weighted by atomic mass is 16.1. The first-order chi connectivity index (χ1) is 9.75. The molecule has 3 rings (SSSR count). The van der Waals surface area contributed by atoms with Gasteiger partial charge in [0.25, 0.3) is 0 Å². The number of Topliss-reactive ketones (excluding diaryl/α,β-unsaturated/α-hetero) is 1. The second-order valence-corrected chi connectivity index (χ2v) is 5.56. The van der Waals surface area contributed by atoms with Crippen molar-refractivity contribution in [3.05, 3.63) is 36.0 Å². The van der Waals surface area contributed by atoms with Gasteiger partial charge in [-0.25, -0.2) is 0 Å². The molecule has 1 unspecified atom stereocenters. The van der Waals surface area contributed by atoms with Gasteiger partial charge >= 0.3 is 0 Å². The standard InChI is InChI=1S/C16H21N3O/c1-12(11-19-8-6-17-7-9-19)16(20)14-10-18-15-5-3-2-4-13(14)15/h2-5,10,12,17-18H,6-9,11H2,1H3. The van der Waals surface area contributed by atoms with E-state index in [2.05, 4.69) is 15.2 Å². The predicted octanol–water partition coefficient (Wildman–Crippen LogP) is 1.89. The highest BCUT2D eigenvalue weighted by Crippen LogP contribution is 2.21. The first-order valence-electron chi connectivity index (χ1n) is 7.29. The fraction of sp³-hybridized carbons (Fsp3) is 0.438. The fourth-order valence-corrected chi connectivity index (χ4v) is 2.90. The fourth-order valence-electron chi connectivity index (χ4n) is 2.90. The van der Waals surface area contributed by atoms with E-state index >= 15 is 0 Å². The molecule has 1 aromatic carbocycles. The Hall–Kier alpha value is -1.65. The average Bonchev–Trinajstić information content (AvgIpc) is 2.91. The van der Waals surface area contributed by atoms with Crippen LogP contribution in [0, 0.1) is 5.92 Å². The Balaban J connectivity index is 1.74. The largest absolute Gasteiger partial charge is 0.360 e. The van der Waals surface area contributed by atoms with Crippen LogP contribution in [-0.4, -0.2) is 48.4 Å². The van der Waals surface area contributed by atoms with E-state index in [1.807, 2.05) is 37.4 Å². The molecule has 1 aromatic heterocycles. The maximum absolute atomic E-state index is 12.6. The Labute approximate surface area is 119 Å². The van der Waals surface area contributed by atoms with Crippen LogP contribution >= 0.6 is 0 Å². The molecule has 0 amide bonds.